The summed E-state index contributed by atoms with van der Waals surface area (Å²) in [5, 5.41) is 0. The molecule has 0 amide bonds. The highest BCUT2D eigenvalue weighted by Gasteiger charge is 2.55. The van der Waals surface area contributed by atoms with E-state index in [1.165, 1.54) is 17.6 Å². The van der Waals surface area contributed by atoms with Crippen LogP contribution in [0.5, 0.6) is 5.88 Å². The van der Waals surface area contributed by atoms with E-state index in [2.05, 4.69) is 36.9 Å². The van der Waals surface area contributed by atoms with E-state index >= 15 is 0 Å². The second-order valence-corrected chi connectivity index (χ2v) is 9.77. The predicted octanol–water partition coefficient (Wildman–Crippen LogP) is 6.07. The molecule has 33 heavy (non-hydrogen) atoms. The van der Waals surface area contributed by atoms with Crippen molar-refractivity contribution in [2.45, 2.75) is 69.3 Å². The number of hydrogen-bond acceptors (Lipinski definition) is 4. The maximum atomic E-state index is 14.2. The Labute approximate surface area is 196 Å². The van der Waals surface area contributed by atoms with Gasteiger partial charge in [0, 0.05) is 17.7 Å². The van der Waals surface area contributed by atoms with Gasteiger partial charge in [-0.2, -0.15) is 0 Å². The molecule has 0 saturated heterocycles. The lowest BCUT2D eigenvalue weighted by Crippen LogP contribution is -2.50. The monoisotopic (exact) mass is 443 g/mol. The summed E-state index contributed by atoms with van der Waals surface area (Å²) in [6.45, 7) is 6.38. The van der Waals surface area contributed by atoms with Crippen molar-refractivity contribution in [2.75, 3.05) is 7.11 Å². The minimum absolute atomic E-state index is 0.105. The molecule has 0 spiro atoms. The normalized spacial score (nSPS) is 29.9. The van der Waals surface area contributed by atoms with E-state index in [9.17, 15) is 4.79 Å². The van der Waals surface area contributed by atoms with Crippen LogP contribution < -0.4 is 4.74 Å². The number of benzene rings is 1. The molecule has 0 unspecified atom stereocenters. The maximum absolute atomic E-state index is 14.2. The summed E-state index contributed by atoms with van der Waals surface area (Å²) in [5.74, 6) is 0.929. The first kappa shape index (κ1) is 21.9. The van der Waals surface area contributed by atoms with E-state index in [0.717, 1.165) is 48.9 Å². The highest BCUT2D eigenvalue weighted by Crippen LogP contribution is 2.54. The molecule has 0 N–H and O–H groups in total. The largest absolute Gasteiger partial charge is 0.481 e. The molecule has 1 aromatic carbocycles. The zero-order chi connectivity index (χ0) is 23.0. The number of aromatic nitrogens is 1. The summed E-state index contributed by atoms with van der Waals surface area (Å²) < 4.78 is 11.9. The Morgan fingerprint density at radius 1 is 1.12 bits per heavy atom. The minimum atomic E-state index is -0.833. The molecule has 5 rings (SSSR count). The Hall–Kier alpha value is -2.88. The number of methoxy groups -OCH3 is 1. The predicted molar refractivity (Wildman–Crippen MR) is 129 cm³/mol. The molecule has 0 radical (unpaired) electrons. The summed E-state index contributed by atoms with van der Waals surface area (Å²) in [6.07, 6.45) is 8.54. The molecule has 172 valence electrons. The minimum Gasteiger partial charge on any atom is -0.481 e. The van der Waals surface area contributed by atoms with E-state index in [1.54, 1.807) is 7.11 Å². The van der Waals surface area contributed by atoms with Crippen molar-refractivity contribution in [3.8, 4) is 5.88 Å². The lowest BCUT2D eigenvalue weighted by molar-refractivity contribution is -0.158. The van der Waals surface area contributed by atoms with Crippen molar-refractivity contribution in [1.29, 1.82) is 0 Å². The quantitative estimate of drug-likeness (QED) is 0.425. The first-order chi connectivity index (χ1) is 16.1. The van der Waals surface area contributed by atoms with Gasteiger partial charge in [-0.25, -0.2) is 4.98 Å². The number of ether oxygens (including phenoxy) is 2. The molecule has 4 atom stereocenters. The Kier molecular flexibility index (Phi) is 5.86. The lowest BCUT2D eigenvalue weighted by atomic mass is 9.56. The average molecular weight is 444 g/mol. The van der Waals surface area contributed by atoms with Gasteiger partial charge in [0.05, 0.1) is 7.11 Å². The highest BCUT2D eigenvalue weighted by molar-refractivity contribution is 5.90. The van der Waals surface area contributed by atoms with E-state index in [1.807, 2.05) is 25.1 Å². The van der Waals surface area contributed by atoms with Gasteiger partial charge in [0.1, 0.15) is 11.5 Å². The van der Waals surface area contributed by atoms with Crippen molar-refractivity contribution in [2.24, 2.45) is 5.92 Å². The second kappa shape index (κ2) is 8.81. The molecule has 0 aliphatic heterocycles. The molecule has 1 aromatic heterocycles. The van der Waals surface area contributed by atoms with Gasteiger partial charge in [-0.15, -0.1) is 0 Å². The first-order valence-corrected chi connectivity index (χ1v) is 12.2. The van der Waals surface area contributed by atoms with Gasteiger partial charge in [0.2, 0.25) is 5.88 Å². The maximum Gasteiger partial charge on any atom is 0.321 e. The molecule has 2 aromatic rings. The number of nitrogens with zero attached hydrogens (tertiary/aromatic N) is 1. The number of fused-ring (bicyclic) bond motifs is 4. The average Bonchev–Trinajstić information content (AvgIpc) is 2.84. The van der Waals surface area contributed by atoms with Crippen molar-refractivity contribution in [3.05, 3.63) is 83.1 Å². The standard InChI is InChI=1S/C29H33NO3/c1-4-23-21-16-19(2)18-29(23,24-14-15-27(32-3)30-25(24)17-21)28(31)33-26-13-9-8-12-22(26)20-10-6-5-7-11-20/h4-7,10-11,14-15,21-22,26H,2,8-9,12-13,16-18H2,1,3H3/b23-4-/t21-,22+,26-,29+/m1/s1. The van der Waals surface area contributed by atoms with Crippen molar-refractivity contribution >= 4 is 5.97 Å². The Balaban J connectivity index is 1.55. The molecule has 4 nitrogen and oxygen atoms in total. The molecule has 3 aliphatic carbocycles. The van der Waals surface area contributed by atoms with Gasteiger partial charge in [0.15, 0.2) is 0 Å². The van der Waals surface area contributed by atoms with E-state index < -0.39 is 5.41 Å². The summed E-state index contributed by atoms with van der Waals surface area (Å²) in [5.41, 5.74) is 4.64. The van der Waals surface area contributed by atoms with Crippen molar-refractivity contribution < 1.29 is 14.3 Å². The number of carbonyl (C=O) groups is 1. The van der Waals surface area contributed by atoms with Crippen LogP contribution in [0.25, 0.3) is 0 Å². The molecule has 4 heteroatoms. The summed E-state index contributed by atoms with van der Waals surface area (Å²) in [6, 6.07) is 14.4. The molecule has 2 saturated carbocycles. The van der Waals surface area contributed by atoms with Crippen molar-refractivity contribution in [3.63, 3.8) is 0 Å². The summed E-state index contributed by atoms with van der Waals surface area (Å²) in [7, 11) is 1.63. The van der Waals surface area contributed by atoms with Crippen LogP contribution >= 0.6 is 0 Å². The van der Waals surface area contributed by atoms with Crippen LogP contribution in [-0.4, -0.2) is 24.2 Å². The molecule has 2 fully saturated rings. The number of pyridine rings is 1. The Morgan fingerprint density at radius 3 is 2.67 bits per heavy atom. The van der Waals surface area contributed by atoms with Crippen LogP contribution in [0, 0.1) is 5.92 Å². The number of allylic oxidation sites excluding steroid dienone is 2. The summed E-state index contributed by atoms with van der Waals surface area (Å²) in [4.78, 5) is 19.0. The third kappa shape index (κ3) is 3.70. The van der Waals surface area contributed by atoms with Gasteiger partial charge >= 0.3 is 5.97 Å². The van der Waals surface area contributed by atoms with E-state index in [4.69, 9.17) is 14.5 Å². The number of rotatable bonds is 4. The number of carbonyl (C=O) groups excluding carboxylic acids is 1. The molecule has 2 bridgehead atoms. The molecular formula is C29H33NO3. The van der Waals surface area contributed by atoms with Crippen LogP contribution in [-0.2, 0) is 21.4 Å². The van der Waals surface area contributed by atoms with E-state index in [0.29, 0.717) is 12.3 Å². The fourth-order valence-electron chi connectivity index (χ4n) is 6.50. The van der Waals surface area contributed by atoms with Crippen LogP contribution in [0.3, 0.4) is 0 Å². The topological polar surface area (TPSA) is 48.4 Å². The lowest BCUT2D eigenvalue weighted by Gasteiger charge is -2.48. The third-order valence-electron chi connectivity index (χ3n) is 7.89. The zero-order valence-corrected chi connectivity index (χ0v) is 19.7. The first-order valence-electron chi connectivity index (χ1n) is 12.2. The highest BCUT2D eigenvalue weighted by atomic mass is 16.5. The summed E-state index contributed by atoms with van der Waals surface area (Å²) >= 11 is 0. The van der Waals surface area contributed by atoms with Crippen LogP contribution in [0.1, 0.15) is 68.2 Å². The molecular weight excluding hydrogens is 410 g/mol. The van der Waals surface area contributed by atoms with Gasteiger partial charge in [-0.1, -0.05) is 61.0 Å². The molecule has 1 heterocycles. The Morgan fingerprint density at radius 2 is 1.91 bits per heavy atom. The molecule has 3 aliphatic rings. The number of esters is 1. The fourth-order valence-corrected chi connectivity index (χ4v) is 6.50. The second-order valence-electron chi connectivity index (χ2n) is 9.77. The SMILES string of the molecule is C=C1C[C@@H]2Cc3nc(OC)ccc3[C@](C(=O)O[C@@H]3CCCC[C@H]3c3ccccc3)(C1)/C2=C\C. The van der Waals surface area contributed by atoms with Gasteiger partial charge in [-0.3, -0.25) is 4.79 Å². The smallest absolute Gasteiger partial charge is 0.321 e. The van der Waals surface area contributed by atoms with Crippen LogP contribution in [0.4, 0.5) is 0 Å². The third-order valence-corrected chi connectivity index (χ3v) is 7.89. The fraction of sp³-hybridized carbons (Fsp3) is 0.448. The van der Waals surface area contributed by atoms with Crippen molar-refractivity contribution in [1.82, 2.24) is 4.98 Å². The van der Waals surface area contributed by atoms with Crippen LogP contribution in [0.2, 0.25) is 0 Å². The zero-order valence-electron chi connectivity index (χ0n) is 19.7. The van der Waals surface area contributed by atoms with Gasteiger partial charge < -0.3 is 9.47 Å². The van der Waals surface area contributed by atoms with Gasteiger partial charge in [0.25, 0.3) is 0 Å². The number of hydrogen-bond donors (Lipinski definition) is 0. The van der Waals surface area contributed by atoms with E-state index in [-0.39, 0.29) is 23.9 Å². The van der Waals surface area contributed by atoms with Crippen LogP contribution in [0.15, 0.2) is 66.3 Å². The Bertz CT molecular complexity index is 1090. The van der Waals surface area contributed by atoms with Gasteiger partial charge in [-0.05, 0) is 68.1 Å².